The molecule has 0 spiro atoms. The van der Waals surface area contributed by atoms with E-state index in [0.29, 0.717) is 23.3 Å². The number of nitrogens with one attached hydrogen (secondary N) is 1. The zero-order chi connectivity index (χ0) is 15.5. The lowest BCUT2D eigenvalue weighted by Gasteiger charge is -2.11. The van der Waals surface area contributed by atoms with Gasteiger partial charge in [0, 0.05) is 17.5 Å². The first-order valence-electron chi connectivity index (χ1n) is 6.83. The number of phenols is 1. The van der Waals surface area contributed by atoms with E-state index in [1.165, 1.54) is 7.11 Å². The molecule has 5 heteroatoms. The summed E-state index contributed by atoms with van der Waals surface area (Å²) in [6.45, 7) is 0.421. The number of halogens is 1. The highest BCUT2D eigenvalue weighted by Gasteiger charge is 2.08. The standard InChI is InChI=1S/C17H15ClN2O2/c1-22-14-8-4-6-12(16(14)21)10-19-15-9-11-5-2-3-7-13(11)17(18)20-15/h2-9,21H,10H2,1H3,(H,19,20). The lowest BCUT2D eigenvalue weighted by Crippen LogP contribution is -2.02. The molecule has 0 aliphatic rings. The van der Waals surface area contributed by atoms with Crippen molar-refractivity contribution in [2.75, 3.05) is 12.4 Å². The molecule has 4 nitrogen and oxygen atoms in total. The summed E-state index contributed by atoms with van der Waals surface area (Å²) < 4.78 is 5.10. The predicted molar refractivity (Wildman–Crippen MR) is 88.7 cm³/mol. The average molecular weight is 315 g/mol. The Morgan fingerprint density at radius 1 is 1.18 bits per heavy atom. The molecule has 0 aliphatic heterocycles. The summed E-state index contributed by atoms with van der Waals surface area (Å²) in [6.07, 6.45) is 0. The molecular formula is C17H15ClN2O2. The second-order valence-corrected chi connectivity index (χ2v) is 5.20. The van der Waals surface area contributed by atoms with Gasteiger partial charge >= 0.3 is 0 Å². The molecular weight excluding hydrogens is 300 g/mol. The molecule has 0 bridgehead atoms. The summed E-state index contributed by atoms with van der Waals surface area (Å²) in [5, 5.41) is 15.6. The molecule has 22 heavy (non-hydrogen) atoms. The Balaban J connectivity index is 1.85. The minimum atomic E-state index is 0.129. The zero-order valence-corrected chi connectivity index (χ0v) is 12.8. The van der Waals surface area contributed by atoms with Crippen LogP contribution in [-0.4, -0.2) is 17.2 Å². The van der Waals surface area contributed by atoms with Gasteiger partial charge in [-0.2, -0.15) is 0 Å². The van der Waals surface area contributed by atoms with Crippen LogP contribution in [0.5, 0.6) is 11.5 Å². The summed E-state index contributed by atoms with van der Waals surface area (Å²) in [5.74, 6) is 1.24. The fourth-order valence-electron chi connectivity index (χ4n) is 2.31. The molecule has 0 radical (unpaired) electrons. The number of pyridine rings is 1. The molecule has 112 valence electrons. The van der Waals surface area contributed by atoms with Gasteiger partial charge in [-0.3, -0.25) is 0 Å². The maximum Gasteiger partial charge on any atom is 0.162 e. The van der Waals surface area contributed by atoms with Crippen molar-refractivity contribution in [1.82, 2.24) is 4.98 Å². The van der Waals surface area contributed by atoms with Crippen LogP contribution in [0.3, 0.4) is 0 Å². The second kappa shape index (κ2) is 6.12. The van der Waals surface area contributed by atoms with E-state index in [1.807, 2.05) is 42.5 Å². The van der Waals surface area contributed by atoms with Gasteiger partial charge in [0.05, 0.1) is 7.11 Å². The number of aromatic hydroxyl groups is 1. The lowest BCUT2D eigenvalue weighted by molar-refractivity contribution is 0.371. The van der Waals surface area contributed by atoms with Gasteiger partial charge in [-0.15, -0.1) is 0 Å². The van der Waals surface area contributed by atoms with E-state index in [9.17, 15) is 5.11 Å². The van der Waals surface area contributed by atoms with E-state index in [4.69, 9.17) is 16.3 Å². The van der Waals surface area contributed by atoms with E-state index in [1.54, 1.807) is 6.07 Å². The van der Waals surface area contributed by atoms with Gasteiger partial charge in [-0.25, -0.2) is 4.98 Å². The van der Waals surface area contributed by atoms with Gasteiger partial charge in [0.1, 0.15) is 11.0 Å². The summed E-state index contributed by atoms with van der Waals surface area (Å²) in [5.41, 5.74) is 0.727. The third-order valence-corrected chi connectivity index (χ3v) is 3.74. The van der Waals surface area contributed by atoms with Crippen molar-refractivity contribution in [2.45, 2.75) is 6.54 Å². The fraction of sp³-hybridized carbons (Fsp3) is 0.118. The third kappa shape index (κ3) is 2.78. The quantitative estimate of drug-likeness (QED) is 0.708. The molecule has 0 saturated heterocycles. The van der Waals surface area contributed by atoms with Gasteiger partial charge in [0.2, 0.25) is 0 Å². The normalized spacial score (nSPS) is 10.6. The van der Waals surface area contributed by atoms with E-state index in [2.05, 4.69) is 10.3 Å². The van der Waals surface area contributed by atoms with Gasteiger partial charge in [0.15, 0.2) is 11.5 Å². The highest BCUT2D eigenvalue weighted by molar-refractivity contribution is 6.34. The number of nitrogens with zero attached hydrogens (tertiary/aromatic N) is 1. The van der Waals surface area contributed by atoms with Gasteiger partial charge in [0.25, 0.3) is 0 Å². The number of phenolic OH excluding ortho intramolecular Hbond substituents is 1. The van der Waals surface area contributed by atoms with Crippen LogP contribution in [0.1, 0.15) is 5.56 Å². The Bertz CT molecular complexity index is 821. The number of aromatic nitrogens is 1. The van der Waals surface area contributed by atoms with Gasteiger partial charge in [-0.05, 0) is 17.5 Å². The van der Waals surface area contributed by atoms with Gasteiger partial charge < -0.3 is 15.2 Å². The monoisotopic (exact) mass is 314 g/mol. The molecule has 2 N–H and O–H groups in total. The molecule has 0 amide bonds. The van der Waals surface area contributed by atoms with Crippen molar-refractivity contribution >= 4 is 28.2 Å². The van der Waals surface area contributed by atoms with E-state index in [-0.39, 0.29) is 5.75 Å². The average Bonchev–Trinajstić information content (AvgIpc) is 2.54. The van der Waals surface area contributed by atoms with E-state index >= 15 is 0 Å². The van der Waals surface area contributed by atoms with E-state index in [0.717, 1.165) is 16.3 Å². The van der Waals surface area contributed by atoms with Crippen molar-refractivity contribution in [1.29, 1.82) is 0 Å². The molecule has 0 aliphatic carbocycles. The van der Waals surface area contributed by atoms with Crippen LogP contribution in [0.15, 0.2) is 48.5 Å². The summed E-state index contributed by atoms with van der Waals surface area (Å²) >= 11 is 6.20. The molecule has 0 fully saturated rings. The molecule has 2 aromatic carbocycles. The maximum atomic E-state index is 10.1. The first-order valence-corrected chi connectivity index (χ1v) is 7.21. The topological polar surface area (TPSA) is 54.4 Å². The molecule has 0 saturated carbocycles. The number of hydrogen-bond acceptors (Lipinski definition) is 4. The maximum absolute atomic E-state index is 10.1. The number of anilines is 1. The molecule has 0 atom stereocenters. The smallest absolute Gasteiger partial charge is 0.162 e. The molecule has 1 heterocycles. The molecule has 3 rings (SSSR count). The Morgan fingerprint density at radius 3 is 2.82 bits per heavy atom. The van der Waals surface area contributed by atoms with Crippen molar-refractivity contribution in [3.05, 3.63) is 59.2 Å². The van der Waals surface area contributed by atoms with Crippen molar-refractivity contribution in [3.8, 4) is 11.5 Å². The predicted octanol–water partition coefficient (Wildman–Crippen LogP) is 4.21. The Labute approximate surface area is 133 Å². The van der Waals surface area contributed by atoms with Crippen molar-refractivity contribution < 1.29 is 9.84 Å². The zero-order valence-electron chi connectivity index (χ0n) is 12.0. The SMILES string of the molecule is COc1cccc(CNc2cc3ccccc3c(Cl)n2)c1O. The number of hydrogen-bond donors (Lipinski definition) is 2. The number of methoxy groups -OCH3 is 1. The number of benzene rings is 2. The number of para-hydroxylation sites is 1. The fourth-order valence-corrected chi connectivity index (χ4v) is 2.57. The highest BCUT2D eigenvalue weighted by Crippen LogP contribution is 2.30. The molecule has 3 aromatic rings. The van der Waals surface area contributed by atoms with Gasteiger partial charge in [-0.1, -0.05) is 48.0 Å². The lowest BCUT2D eigenvalue weighted by atomic mass is 10.1. The number of fused-ring (bicyclic) bond motifs is 1. The van der Waals surface area contributed by atoms with Crippen molar-refractivity contribution in [2.24, 2.45) is 0 Å². The van der Waals surface area contributed by atoms with Crippen LogP contribution in [0.25, 0.3) is 10.8 Å². The van der Waals surface area contributed by atoms with Crippen LogP contribution >= 0.6 is 11.6 Å². The summed E-state index contributed by atoms with van der Waals surface area (Å²) in [6, 6.07) is 15.1. The second-order valence-electron chi connectivity index (χ2n) is 4.84. The first-order chi connectivity index (χ1) is 10.7. The number of rotatable bonds is 4. The largest absolute Gasteiger partial charge is 0.504 e. The minimum Gasteiger partial charge on any atom is -0.504 e. The molecule has 1 aromatic heterocycles. The number of ether oxygens (including phenoxy) is 1. The van der Waals surface area contributed by atoms with Crippen molar-refractivity contribution in [3.63, 3.8) is 0 Å². The van der Waals surface area contributed by atoms with Crippen LogP contribution < -0.4 is 10.1 Å². The van der Waals surface area contributed by atoms with E-state index < -0.39 is 0 Å². The minimum absolute atomic E-state index is 0.129. The molecule has 0 unspecified atom stereocenters. The van der Waals surface area contributed by atoms with Crippen LogP contribution in [0.4, 0.5) is 5.82 Å². The Hall–Kier alpha value is -2.46. The van der Waals surface area contributed by atoms with Crippen LogP contribution in [0.2, 0.25) is 5.15 Å². The van der Waals surface area contributed by atoms with Crippen LogP contribution in [-0.2, 0) is 6.54 Å². The van der Waals surface area contributed by atoms with Crippen LogP contribution in [0, 0.1) is 0 Å². The highest BCUT2D eigenvalue weighted by atomic mass is 35.5. The third-order valence-electron chi connectivity index (χ3n) is 3.46. The Morgan fingerprint density at radius 2 is 2.00 bits per heavy atom. The Kier molecular flexibility index (Phi) is 4.02. The summed E-state index contributed by atoms with van der Waals surface area (Å²) in [7, 11) is 1.52. The first kappa shape index (κ1) is 14.5. The summed E-state index contributed by atoms with van der Waals surface area (Å²) in [4.78, 5) is 4.33.